The SMILES string of the molecule is C=CC(=O)N1CN(C(=O)C=C)CN(C(=O)C=C)C1.O=C(O)CS. The Labute approximate surface area is 139 Å². The molecule has 1 heterocycles. The van der Waals surface area contributed by atoms with Crippen molar-refractivity contribution in [2.24, 2.45) is 0 Å². The third-order valence-corrected chi connectivity index (χ3v) is 2.89. The second-order valence-corrected chi connectivity index (χ2v) is 4.54. The fourth-order valence-corrected chi connectivity index (χ4v) is 1.56. The molecule has 23 heavy (non-hydrogen) atoms. The first-order valence-electron chi connectivity index (χ1n) is 6.37. The lowest BCUT2D eigenvalue weighted by molar-refractivity contribution is -0.152. The maximum atomic E-state index is 11.6. The zero-order chi connectivity index (χ0) is 18.0. The molecule has 1 aliphatic heterocycles. The summed E-state index contributed by atoms with van der Waals surface area (Å²) in [5.74, 6) is -2.01. The summed E-state index contributed by atoms with van der Waals surface area (Å²) < 4.78 is 0. The molecule has 126 valence electrons. The summed E-state index contributed by atoms with van der Waals surface area (Å²) in [4.78, 5) is 48.0. The second-order valence-electron chi connectivity index (χ2n) is 4.22. The average Bonchev–Trinajstić information content (AvgIpc) is 2.59. The highest BCUT2D eigenvalue weighted by Gasteiger charge is 2.29. The zero-order valence-corrected chi connectivity index (χ0v) is 13.4. The van der Waals surface area contributed by atoms with Gasteiger partial charge in [0.25, 0.3) is 0 Å². The standard InChI is InChI=1S/C12H15N3O3.C2H4O2S/c1-4-10(16)13-7-14(11(17)5-2)9-15(8-13)12(18)6-3;3-2(4)1-5/h4-6H,1-3,7-9H2;5H,1H2,(H,3,4). The van der Waals surface area contributed by atoms with Crippen LogP contribution in [0.5, 0.6) is 0 Å². The number of aliphatic carboxylic acids is 1. The van der Waals surface area contributed by atoms with Crippen LogP contribution in [0.3, 0.4) is 0 Å². The quantitative estimate of drug-likeness (QED) is 0.550. The fourth-order valence-electron chi connectivity index (χ4n) is 1.56. The first-order chi connectivity index (χ1) is 10.8. The summed E-state index contributed by atoms with van der Waals surface area (Å²) in [6.45, 7) is 10.5. The van der Waals surface area contributed by atoms with Gasteiger partial charge >= 0.3 is 5.97 Å². The number of carbonyl (C=O) groups excluding carboxylic acids is 3. The number of thiol groups is 1. The van der Waals surface area contributed by atoms with E-state index in [1.54, 1.807) is 0 Å². The van der Waals surface area contributed by atoms with Gasteiger partial charge in [0.2, 0.25) is 17.7 Å². The molecule has 0 spiro atoms. The van der Waals surface area contributed by atoms with Gasteiger partial charge in [0.1, 0.15) is 0 Å². The predicted octanol–water partition coefficient (Wildman–Crippen LogP) is -0.0829. The summed E-state index contributed by atoms with van der Waals surface area (Å²) in [6.07, 6.45) is 3.41. The molecule has 8 nitrogen and oxygen atoms in total. The van der Waals surface area contributed by atoms with Crippen LogP contribution in [0.15, 0.2) is 38.0 Å². The van der Waals surface area contributed by atoms with Gasteiger partial charge in [0.15, 0.2) is 0 Å². The maximum absolute atomic E-state index is 11.6. The van der Waals surface area contributed by atoms with Gasteiger partial charge in [0.05, 0.1) is 25.8 Å². The number of nitrogens with zero attached hydrogens (tertiary/aromatic N) is 3. The van der Waals surface area contributed by atoms with Gasteiger partial charge < -0.3 is 19.8 Å². The van der Waals surface area contributed by atoms with Crippen molar-refractivity contribution >= 4 is 36.3 Å². The minimum Gasteiger partial charge on any atom is -0.481 e. The third kappa shape index (κ3) is 6.83. The van der Waals surface area contributed by atoms with Crippen molar-refractivity contribution in [3.8, 4) is 0 Å². The van der Waals surface area contributed by atoms with Gasteiger partial charge in [-0.2, -0.15) is 12.6 Å². The molecule has 9 heteroatoms. The van der Waals surface area contributed by atoms with E-state index in [2.05, 4.69) is 32.4 Å². The Morgan fingerprint density at radius 3 is 1.17 bits per heavy atom. The molecule has 1 aliphatic rings. The van der Waals surface area contributed by atoms with E-state index >= 15 is 0 Å². The number of amides is 3. The van der Waals surface area contributed by atoms with Crippen molar-refractivity contribution in [3.63, 3.8) is 0 Å². The van der Waals surface area contributed by atoms with Gasteiger partial charge in [-0.05, 0) is 18.2 Å². The highest BCUT2D eigenvalue weighted by Crippen LogP contribution is 2.09. The molecule has 0 unspecified atom stereocenters. The van der Waals surface area contributed by atoms with Crippen molar-refractivity contribution in [1.29, 1.82) is 0 Å². The molecule has 1 saturated heterocycles. The molecular formula is C14H19N3O5S. The monoisotopic (exact) mass is 341 g/mol. The number of carboxylic acids is 1. The number of carbonyl (C=O) groups is 4. The van der Waals surface area contributed by atoms with Crippen molar-refractivity contribution in [1.82, 2.24) is 14.7 Å². The van der Waals surface area contributed by atoms with Crippen LogP contribution in [0.4, 0.5) is 0 Å². The normalized spacial score (nSPS) is 13.3. The third-order valence-electron chi connectivity index (χ3n) is 2.62. The van der Waals surface area contributed by atoms with Crippen LogP contribution in [0, 0.1) is 0 Å². The average molecular weight is 341 g/mol. The minimum atomic E-state index is -0.881. The summed E-state index contributed by atoms with van der Waals surface area (Å²) in [5.41, 5.74) is 0. The molecule has 1 N–H and O–H groups in total. The maximum Gasteiger partial charge on any atom is 0.313 e. The van der Waals surface area contributed by atoms with Crippen molar-refractivity contribution in [2.75, 3.05) is 25.8 Å². The molecule has 0 saturated carbocycles. The molecule has 0 radical (unpaired) electrons. The smallest absolute Gasteiger partial charge is 0.313 e. The highest BCUT2D eigenvalue weighted by molar-refractivity contribution is 7.81. The van der Waals surface area contributed by atoms with E-state index in [-0.39, 0.29) is 43.5 Å². The molecule has 3 amide bonds. The summed E-state index contributed by atoms with van der Waals surface area (Å²) >= 11 is 3.42. The molecule has 0 aromatic carbocycles. The molecule has 1 fully saturated rings. The van der Waals surface area contributed by atoms with Gasteiger partial charge in [0, 0.05) is 0 Å². The van der Waals surface area contributed by atoms with Gasteiger partial charge in [-0.15, -0.1) is 0 Å². The first kappa shape index (κ1) is 20.5. The number of carboxylic acid groups (broad SMARTS) is 1. The Morgan fingerprint density at radius 1 is 0.826 bits per heavy atom. The van der Waals surface area contributed by atoms with Crippen LogP contribution >= 0.6 is 12.6 Å². The zero-order valence-electron chi connectivity index (χ0n) is 12.6. The Morgan fingerprint density at radius 2 is 1.04 bits per heavy atom. The van der Waals surface area contributed by atoms with E-state index in [4.69, 9.17) is 5.11 Å². The van der Waals surface area contributed by atoms with E-state index in [9.17, 15) is 19.2 Å². The number of hydrogen-bond donors (Lipinski definition) is 2. The van der Waals surface area contributed by atoms with Crippen LogP contribution in [0.2, 0.25) is 0 Å². The minimum absolute atomic E-state index is 0.0833. The number of rotatable bonds is 4. The lowest BCUT2D eigenvalue weighted by Crippen LogP contribution is -2.58. The molecule has 0 aromatic rings. The molecule has 0 bridgehead atoms. The molecular weight excluding hydrogens is 322 g/mol. The predicted molar refractivity (Wildman–Crippen MR) is 87.2 cm³/mol. The van der Waals surface area contributed by atoms with Crippen LogP contribution in [-0.4, -0.2) is 69.3 Å². The van der Waals surface area contributed by atoms with Gasteiger partial charge in [-0.25, -0.2) is 0 Å². The van der Waals surface area contributed by atoms with Crippen LogP contribution < -0.4 is 0 Å². The summed E-state index contributed by atoms with van der Waals surface area (Å²) in [6, 6.07) is 0. The Kier molecular flexibility index (Phi) is 9.09. The van der Waals surface area contributed by atoms with Crippen LogP contribution in [0.25, 0.3) is 0 Å². The van der Waals surface area contributed by atoms with E-state index in [1.165, 1.54) is 14.7 Å². The first-order valence-corrected chi connectivity index (χ1v) is 7.00. The van der Waals surface area contributed by atoms with E-state index in [0.717, 1.165) is 18.2 Å². The van der Waals surface area contributed by atoms with E-state index < -0.39 is 5.97 Å². The molecule has 1 rings (SSSR count). The number of hydrogen-bond acceptors (Lipinski definition) is 5. The molecule has 0 aromatic heterocycles. The van der Waals surface area contributed by atoms with Crippen LogP contribution in [0.1, 0.15) is 0 Å². The summed E-state index contributed by atoms with van der Waals surface area (Å²) in [5, 5.41) is 7.65. The molecule has 0 aliphatic carbocycles. The van der Waals surface area contributed by atoms with E-state index in [0.29, 0.717) is 0 Å². The topological polar surface area (TPSA) is 98.2 Å². The van der Waals surface area contributed by atoms with Crippen molar-refractivity contribution in [2.45, 2.75) is 0 Å². The van der Waals surface area contributed by atoms with Crippen LogP contribution in [-0.2, 0) is 19.2 Å². The van der Waals surface area contributed by atoms with Gasteiger partial charge in [-0.3, -0.25) is 19.2 Å². The van der Waals surface area contributed by atoms with Crippen molar-refractivity contribution in [3.05, 3.63) is 38.0 Å². The fraction of sp³-hybridized carbons (Fsp3) is 0.286. The lowest BCUT2D eigenvalue weighted by Gasteiger charge is -2.41. The van der Waals surface area contributed by atoms with E-state index in [1.807, 2.05) is 0 Å². The highest BCUT2D eigenvalue weighted by atomic mass is 32.1. The molecule has 0 atom stereocenters. The Balaban J connectivity index is 0.000000841. The lowest BCUT2D eigenvalue weighted by atomic mass is 10.4. The summed E-state index contributed by atoms with van der Waals surface area (Å²) in [7, 11) is 0. The Hall–Kier alpha value is -2.55. The van der Waals surface area contributed by atoms with Gasteiger partial charge in [-0.1, -0.05) is 19.7 Å². The largest absolute Gasteiger partial charge is 0.481 e. The second kappa shape index (κ2) is 10.2. The van der Waals surface area contributed by atoms with Crippen molar-refractivity contribution < 1.29 is 24.3 Å². The Bertz CT molecular complexity index is 453.